The maximum atomic E-state index is 4.93. The summed E-state index contributed by atoms with van der Waals surface area (Å²) in [6.45, 7) is 9.01. The number of hydrogen-bond acceptors (Lipinski definition) is 0. The maximum absolute atomic E-state index is 4.93. The van der Waals surface area contributed by atoms with Gasteiger partial charge < -0.3 is 0 Å². The molecule has 0 saturated carbocycles. The van der Waals surface area contributed by atoms with Crippen molar-refractivity contribution in [2.45, 2.75) is 34.1 Å². The van der Waals surface area contributed by atoms with Crippen molar-refractivity contribution in [2.24, 2.45) is 0 Å². The summed E-state index contributed by atoms with van der Waals surface area (Å²) in [5.41, 5.74) is 11.6. The molecule has 2 aromatic rings. The monoisotopic (exact) mass is 408 g/mol. The summed E-state index contributed by atoms with van der Waals surface area (Å²) in [5.74, 6) is 0. The van der Waals surface area contributed by atoms with Crippen LogP contribution < -0.4 is 0 Å². The number of hydrogen-bond donors (Lipinski definition) is 0. The van der Waals surface area contributed by atoms with E-state index in [2.05, 4.69) is 64.1 Å². The normalized spacial score (nSPS) is 12.2. The minimum absolute atomic E-state index is 0.826. The van der Waals surface area contributed by atoms with Crippen molar-refractivity contribution in [2.75, 3.05) is 0 Å². The first kappa shape index (κ1) is 18.0. The van der Waals surface area contributed by atoms with Gasteiger partial charge in [0, 0.05) is 0 Å². The molecule has 0 unspecified atom stereocenters. The minimum atomic E-state index is -0.826. The standard InChI is InChI=1S/C19H20.2ClH.Zr/c1-12-10-17-14(3)13(2)15(4)19(18(17)11-12)16-8-6-5-7-9-16;;;/h5-9,11H,10H2,1-4H3;2*1H;/q;;;+2/p-2. The van der Waals surface area contributed by atoms with Gasteiger partial charge >= 0.3 is 37.9 Å². The van der Waals surface area contributed by atoms with Crippen LogP contribution in [0.2, 0.25) is 0 Å². The van der Waals surface area contributed by atoms with Crippen LogP contribution in [0.1, 0.15) is 34.7 Å². The van der Waals surface area contributed by atoms with Crippen molar-refractivity contribution < 1.29 is 20.8 Å². The van der Waals surface area contributed by atoms with E-state index in [4.69, 9.17) is 17.0 Å². The summed E-state index contributed by atoms with van der Waals surface area (Å²) in [5, 5.41) is 0. The molecule has 0 saturated heterocycles. The SMILES string of the molecule is CC1=Cc2c(c(C)c(C)c(C)c2-c2ccccc2)C1.[Cl][Zr][Cl]. The van der Waals surface area contributed by atoms with Crippen LogP contribution in [0, 0.1) is 20.8 Å². The Labute approximate surface area is 152 Å². The van der Waals surface area contributed by atoms with Gasteiger partial charge in [-0.2, -0.15) is 0 Å². The molecule has 0 fully saturated rings. The van der Waals surface area contributed by atoms with Gasteiger partial charge in [-0.1, -0.05) is 42.0 Å². The Morgan fingerprint density at radius 3 is 2.05 bits per heavy atom. The fraction of sp³-hybridized carbons (Fsp3) is 0.263. The van der Waals surface area contributed by atoms with Crippen LogP contribution in [-0.4, -0.2) is 0 Å². The molecular weight excluding hydrogens is 390 g/mol. The molecule has 3 heteroatoms. The quantitative estimate of drug-likeness (QED) is 0.496. The molecule has 0 bridgehead atoms. The molecular formula is C19H20Cl2Zr. The molecule has 0 nitrogen and oxygen atoms in total. The van der Waals surface area contributed by atoms with Gasteiger partial charge in [-0.25, -0.2) is 0 Å². The van der Waals surface area contributed by atoms with Gasteiger partial charge in [-0.3, -0.25) is 0 Å². The van der Waals surface area contributed by atoms with E-state index in [0.29, 0.717) is 0 Å². The molecule has 1 aliphatic carbocycles. The third-order valence-electron chi connectivity index (χ3n) is 4.46. The Morgan fingerprint density at radius 2 is 1.45 bits per heavy atom. The zero-order valence-corrected chi connectivity index (χ0v) is 17.4. The van der Waals surface area contributed by atoms with Gasteiger partial charge in [-0.15, -0.1) is 0 Å². The average molecular weight is 410 g/mol. The van der Waals surface area contributed by atoms with Crippen molar-refractivity contribution in [1.29, 1.82) is 0 Å². The van der Waals surface area contributed by atoms with Gasteiger partial charge in [0.2, 0.25) is 0 Å². The summed E-state index contributed by atoms with van der Waals surface area (Å²) in [6.07, 6.45) is 3.49. The fourth-order valence-corrected chi connectivity index (χ4v) is 3.19. The van der Waals surface area contributed by atoms with Crippen molar-refractivity contribution in [3.05, 3.63) is 63.7 Å². The second-order valence-corrected chi connectivity index (χ2v) is 9.48. The predicted molar refractivity (Wildman–Crippen MR) is 95.2 cm³/mol. The Kier molecular flexibility index (Phi) is 6.50. The van der Waals surface area contributed by atoms with Crippen LogP contribution in [0.3, 0.4) is 0 Å². The second kappa shape index (κ2) is 7.95. The molecule has 0 N–H and O–H groups in total. The van der Waals surface area contributed by atoms with Gasteiger partial charge in [0.15, 0.2) is 0 Å². The zero-order chi connectivity index (χ0) is 16.3. The summed E-state index contributed by atoms with van der Waals surface area (Å²) < 4.78 is 0. The van der Waals surface area contributed by atoms with Crippen LogP contribution in [0.5, 0.6) is 0 Å². The van der Waals surface area contributed by atoms with E-state index in [1.54, 1.807) is 0 Å². The van der Waals surface area contributed by atoms with Crippen molar-refractivity contribution in [3.63, 3.8) is 0 Å². The Morgan fingerprint density at radius 1 is 0.864 bits per heavy atom. The fourth-order valence-electron chi connectivity index (χ4n) is 3.19. The summed E-state index contributed by atoms with van der Waals surface area (Å²) in [7, 11) is 9.87. The summed E-state index contributed by atoms with van der Waals surface area (Å²) >= 11 is -0.826. The van der Waals surface area contributed by atoms with E-state index in [1.165, 1.54) is 44.5 Å². The van der Waals surface area contributed by atoms with Crippen molar-refractivity contribution in [1.82, 2.24) is 0 Å². The Hall–Kier alpha value is -0.357. The first-order valence-corrected chi connectivity index (χ1v) is 13.7. The average Bonchev–Trinajstić information content (AvgIpc) is 2.89. The van der Waals surface area contributed by atoms with E-state index in [-0.39, 0.29) is 0 Å². The van der Waals surface area contributed by atoms with Crippen molar-refractivity contribution in [3.8, 4) is 11.1 Å². The molecule has 1 aliphatic rings. The molecule has 0 amide bonds. The zero-order valence-electron chi connectivity index (χ0n) is 13.4. The molecule has 0 radical (unpaired) electrons. The van der Waals surface area contributed by atoms with Crippen LogP contribution >= 0.6 is 17.0 Å². The van der Waals surface area contributed by atoms with E-state index >= 15 is 0 Å². The number of rotatable bonds is 1. The van der Waals surface area contributed by atoms with E-state index in [0.717, 1.165) is 6.42 Å². The first-order valence-electron chi connectivity index (χ1n) is 7.32. The topological polar surface area (TPSA) is 0 Å². The van der Waals surface area contributed by atoms with Gasteiger partial charge in [0.1, 0.15) is 0 Å². The third kappa shape index (κ3) is 3.58. The molecule has 2 aromatic carbocycles. The Bertz CT molecular complexity index is 703. The van der Waals surface area contributed by atoms with Crippen molar-refractivity contribution >= 4 is 23.1 Å². The molecule has 0 atom stereocenters. The molecule has 0 aromatic heterocycles. The van der Waals surface area contributed by atoms with Gasteiger partial charge in [0.25, 0.3) is 0 Å². The van der Waals surface area contributed by atoms with Gasteiger partial charge in [0.05, 0.1) is 0 Å². The molecule has 0 heterocycles. The van der Waals surface area contributed by atoms with E-state index in [1.807, 2.05) is 0 Å². The number of allylic oxidation sites excluding steroid dienone is 1. The first-order chi connectivity index (χ1) is 10.5. The summed E-state index contributed by atoms with van der Waals surface area (Å²) in [6, 6.07) is 10.8. The molecule has 114 valence electrons. The molecule has 0 spiro atoms. The van der Waals surface area contributed by atoms with Crippen LogP contribution in [0.25, 0.3) is 17.2 Å². The second-order valence-electron chi connectivity index (χ2n) is 5.75. The van der Waals surface area contributed by atoms with Crippen LogP contribution in [0.4, 0.5) is 0 Å². The molecule has 0 aliphatic heterocycles. The number of fused-ring (bicyclic) bond motifs is 1. The number of benzene rings is 2. The third-order valence-corrected chi connectivity index (χ3v) is 4.46. The number of halogens is 2. The van der Waals surface area contributed by atoms with Gasteiger partial charge in [-0.05, 0) is 73.1 Å². The Balaban J connectivity index is 0.000000545. The van der Waals surface area contributed by atoms with E-state index < -0.39 is 20.8 Å². The molecule has 22 heavy (non-hydrogen) atoms. The summed E-state index contributed by atoms with van der Waals surface area (Å²) in [4.78, 5) is 0. The predicted octanol–water partition coefficient (Wildman–Crippen LogP) is 6.61. The van der Waals surface area contributed by atoms with E-state index in [9.17, 15) is 0 Å². The van der Waals surface area contributed by atoms with Crippen LogP contribution in [0.15, 0.2) is 35.9 Å². The molecule has 3 rings (SSSR count). The van der Waals surface area contributed by atoms with Crippen LogP contribution in [-0.2, 0) is 27.3 Å².